The van der Waals surface area contributed by atoms with Crippen molar-refractivity contribution < 1.29 is 22.7 Å². The molecule has 2 N–H and O–H groups in total. The zero-order valence-electron chi connectivity index (χ0n) is 18.0. The average Bonchev–Trinajstić information content (AvgIpc) is 2.68. The second-order valence-corrected chi connectivity index (χ2v) is 9.64. The number of amides is 2. The van der Waals surface area contributed by atoms with E-state index in [1.165, 1.54) is 12.1 Å². The van der Waals surface area contributed by atoms with Gasteiger partial charge in [0.2, 0.25) is 21.8 Å². The lowest BCUT2D eigenvalue weighted by molar-refractivity contribution is -0.133. The summed E-state index contributed by atoms with van der Waals surface area (Å²) < 4.78 is 32.4. The van der Waals surface area contributed by atoms with Crippen LogP contribution in [0.25, 0.3) is 0 Å². The molecular weight excluding hydrogens is 406 g/mol. The van der Waals surface area contributed by atoms with Crippen molar-refractivity contribution in [3.05, 3.63) is 24.3 Å². The monoisotopic (exact) mass is 439 g/mol. The molecule has 2 rings (SSSR count). The van der Waals surface area contributed by atoms with Crippen LogP contribution in [0.5, 0.6) is 5.75 Å². The quantitative estimate of drug-likeness (QED) is 0.579. The molecule has 1 aliphatic rings. The minimum absolute atomic E-state index is 0.0170. The Morgan fingerprint density at radius 3 is 2.37 bits per heavy atom. The van der Waals surface area contributed by atoms with Crippen LogP contribution in [0.1, 0.15) is 46.5 Å². The van der Waals surface area contributed by atoms with Gasteiger partial charge in [-0.05, 0) is 49.9 Å². The first-order chi connectivity index (χ1) is 14.2. The van der Waals surface area contributed by atoms with E-state index < -0.39 is 10.0 Å². The van der Waals surface area contributed by atoms with E-state index in [9.17, 15) is 18.0 Å². The smallest absolute Gasteiger partial charge is 0.240 e. The molecule has 0 atom stereocenters. The van der Waals surface area contributed by atoms with Crippen molar-refractivity contribution in [1.29, 1.82) is 0 Å². The number of ether oxygens (including phenoxy) is 1. The maximum Gasteiger partial charge on any atom is 0.240 e. The van der Waals surface area contributed by atoms with E-state index in [4.69, 9.17) is 4.74 Å². The van der Waals surface area contributed by atoms with Gasteiger partial charge in [0, 0.05) is 38.5 Å². The Kier molecular flexibility index (Phi) is 9.10. The fourth-order valence-electron chi connectivity index (χ4n) is 3.32. The van der Waals surface area contributed by atoms with Crippen molar-refractivity contribution in [2.24, 2.45) is 5.92 Å². The standard InChI is InChI=1S/C21H33N3O5S/c1-4-29-18-5-7-19(8-6-18)30(27,28)22-12-9-20(25)23-17-10-13-24(14-11-17)21(26)15-16(2)3/h5-8,16-17,22H,4,9-15H2,1-3H3,(H,23,25). The summed E-state index contributed by atoms with van der Waals surface area (Å²) in [5.74, 6) is 0.906. The van der Waals surface area contributed by atoms with Crippen LogP contribution in [0.4, 0.5) is 0 Å². The molecule has 0 saturated carbocycles. The van der Waals surface area contributed by atoms with Crippen LogP contribution in [0.15, 0.2) is 29.2 Å². The van der Waals surface area contributed by atoms with E-state index >= 15 is 0 Å². The van der Waals surface area contributed by atoms with Gasteiger partial charge in [0.25, 0.3) is 0 Å². The summed E-state index contributed by atoms with van der Waals surface area (Å²) in [7, 11) is -3.68. The third kappa shape index (κ3) is 7.60. The first-order valence-corrected chi connectivity index (χ1v) is 12.0. The molecule has 1 aliphatic heterocycles. The van der Waals surface area contributed by atoms with Crippen LogP contribution in [0.3, 0.4) is 0 Å². The maximum atomic E-state index is 12.3. The maximum absolute atomic E-state index is 12.3. The molecule has 0 aliphatic carbocycles. The number of carbonyl (C=O) groups excluding carboxylic acids is 2. The molecule has 0 unspecified atom stereocenters. The molecule has 0 bridgehead atoms. The van der Waals surface area contributed by atoms with Crippen molar-refractivity contribution in [3.8, 4) is 5.75 Å². The number of carbonyl (C=O) groups is 2. The van der Waals surface area contributed by atoms with Crippen LogP contribution in [0.2, 0.25) is 0 Å². The van der Waals surface area contributed by atoms with Crippen LogP contribution < -0.4 is 14.8 Å². The molecule has 1 fully saturated rings. The molecule has 30 heavy (non-hydrogen) atoms. The number of nitrogens with zero attached hydrogens (tertiary/aromatic N) is 1. The highest BCUT2D eigenvalue weighted by molar-refractivity contribution is 7.89. The topological polar surface area (TPSA) is 105 Å². The molecule has 0 aromatic heterocycles. The number of sulfonamides is 1. The predicted octanol–water partition coefficient (Wildman–Crippen LogP) is 1.91. The SMILES string of the molecule is CCOc1ccc(S(=O)(=O)NCCC(=O)NC2CCN(C(=O)CC(C)C)CC2)cc1. The zero-order valence-corrected chi connectivity index (χ0v) is 18.8. The number of likely N-dealkylation sites (tertiary alicyclic amines) is 1. The van der Waals surface area contributed by atoms with E-state index in [-0.39, 0.29) is 35.7 Å². The van der Waals surface area contributed by atoms with Crippen molar-refractivity contribution in [2.45, 2.75) is 57.4 Å². The Balaban J connectivity index is 1.71. The highest BCUT2D eigenvalue weighted by Crippen LogP contribution is 2.16. The largest absolute Gasteiger partial charge is 0.494 e. The van der Waals surface area contributed by atoms with Crippen LogP contribution in [-0.4, -0.2) is 57.4 Å². The van der Waals surface area contributed by atoms with Crippen LogP contribution >= 0.6 is 0 Å². The van der Waals surface area contributed by atoms with Crippen LogP contribution in [-0.2, 0) is 19.6 Å². The molecule has 1 saturated heterocycles. The van der Waals surface area contributed by atoms with Crippen molar-refractivity contribution in [1.82, 2.24) is 14.9 Å². The van der Waals surface area contributed by atoms with E-state index in [2.05, 4.69) is 10.0 Å². The van der Waals surface area contributed by atoms with Gasteiger partial charge in [-0.2, -0.15) is 0 Å². The van der Waals surface area contributed by atoms with Gasteiger partial charge in [-0.25, -0.2) is 13.1 Å². The minimum Gasteiger partial charge on any atom is -0.494 e. The fourth-order valence-corrected chi connectivity index (χ4v) is 4.35. The van der Waals surface area contributed by atoms with Gasteiger partial charge in [0.15, 0.2) is 0 Å². The molecule has 1 aromatic carbocycles. The number of piperidine rings is 1. The molecule has 0 spiro atoms. The summed E-state index contributed by atoms with van der Waals surface area (Å²) in [5, 5.41) is 2.94. The molecule has 1 aromatic rings. The lowest BCUT2D eigenvalue weighted by Gasteiger charge is -2.32. The van der Waals surface area contributed by atoms with Crippen molar-refractivity contribution in [3.63, 3.8) is 0 Å². The van der Waals surface area contributed by atoms with Crippen molar-refractivity contribution in [2.75, 3.05) is 26.2 Å². The third-order valence-corrected chi connectivity index (χ3v) is 6.36. The van der Waals surface area contributed by atoms with Gasteiger partial charge < -0.3 is 15.0 Å². The summed E-state index contributed by atoms with van der Waals surface area (Å²) in [6.45, 7) is 7.71. The Bertz CT molecular complexity index is 800. The van der Waals surface area contributed by atoms with Gasteiger partial charge >= 0.3 is 0 Å². The summed E-state index contributed by atoms with van der Waals surface area (Å²) in [6, 6.07) is 6.17. The average molecular weight is 440 g/mol. The summed E-state index contributed by atoms with van der Waals surface area (Å²) in [5.41, 5.74) is 0. The molecule has 168 valence electrons. The molecule has 0 radical (unpaired) electrons. The number of rotatable bonds is 10. The second kappa shape index (κ2) is 11.3. The summed E-state index contributed by atoms with van der Waals surface area (Å²) in [6.07, 6.45) is 2.04. The Labute approximate surface area is 179 Å². The minimum atomic E-state index is -3.68. The molecule has 1 heterocycles. The van der Waals surface area contributed by atoms with Gasteiger partial charge in [0.05, 0.1) is 11.5 Å². The third-order valence-electron chi connectivity index (χ3n) is 4.88. The molecular formula is C21H33N3O5S. The highest BCUT2D eigenvalue weighted by atomic mass is 32.2. The second-order valence-electron chi connectivity index (χ2n) is 7.87. The number of nitrogens with one attached hydrogen (secondary N) is 2. The molecule has 2 amide bonds. The van der Waals surface area contributed by atoms with Gasteiger partial charge in [0.1, 0.15) is 5.75 Å². The zero-order chi connectivity index (χ0) is 22.1. The lowest BCUT2D eigenvalue weighted by atomic mass is 10.0. The normalized spacial score (nSPS) is 15.3. The van der Waals surface area contributed by atoms with Gasteiger partial charge in [-0.3, -0.25) is 9.59 Å². The van der Waals surface area contributed by atoms with E-state index in [1.807, 2.05) is 25.7 Å². The Morgan fingerprint density at radius 1 is 1.17 bits per heavy atom. The van der Waals surface area contributed by atoms with E-state index in [0.29, 0.717) is 50.6 Å². The summed E-state index contributed by atoms with van der Waals surface area (Å²) >= 11 is 0. The first-order valence-electron chi connectivity index (χ1n) is 10.5. The fraction of sp³-hybridized carbons (Fsp3) is 0.619. The number of hydrogen-bond donors (Lipinski definition) is 2. The highest BCUT2D eigenvalue weighted by Gasteiger charge is 2.24. The van der Waals surface area contributed by atoms with Crippen LogP contribution in [0, 0.1) is 5.92 Å². The Hall–Kier alpha value is -2.13. The van der Waals surface area contributed by atoms with E-state index in [1.54, 1.807) is 12.1 Å². The number of hydrogen-bond acceptors (Lipinski definition) is 5. The number of benzene rings is 1. The van der Waals surface area contributed by atoms with E-state index in [0.717, 1.165) is 0 Å². The predicted molar refractivity (Wildman–Crippen MR) is 115 cm³/mol. The molecule has 9 heteroatoms. The first kappa shape index (κ1) is 24.1. The lowest BCUT2D eigenvalue weighted by Crippen LogP contribution is -2.47. The molecule has 8 nitrogen and oxygen atoms in total. The summed E-state index contributed by atoms with van der Waals surface area (Å²) in [4.78, 5) is 26.3. The van der Waals surface area contributed by atoms with Gasteiger partial charge in [-0.1, -0.05) is 13.8 Å². The Morgan fingerprint density at radius 2 is 1.80 bits per heavy atom. The van der Waals surface area contributed by atoms with Gasteiger partial charge in [-0.15, -0.1) is 0 Å². The van der Waals surface area contributed by atoms with Crippen molar-refractivity contribution >= 4 is 21.8 Å².